The van der Waals surface area contributed by atoms with Crippen LogP contribution in [0.1, 0.15) is 20.3 Å². The molecule has 0 saturated carbocycles. The van der Waals surface area contributed by atoms with E-state index < -0.39 is 21.0 Å². The van der Waals surface area contributed by atoms with Gasteiger partial charge in [0.1, 0.15) is 0 Å². The Hall–Kier alpha value is 0.890. The molecule has 0 spiro atoms. The van der Waals surface area contributed by atoms with Gasteiger partial charge < -0.3 is 5.73 Å². The Kier molecular flexibility index (Phi) is 5.19. The van der Waals surface area contributed by atoms with Crippen LogP contribution in [0.5, 0.6) is 0 Å². The van der Waals surface area contributed by atoms with E-state index >= 15 is 0 Å². The van der Waals surface area contributed by atoms with Crippen LogP contribution in [0.2, 0.25) is 0 Å². The van der Waals surface area contributed by atoms with E-state index in [1.54, 1.807) is 22.6 Å². The van der Waals surface area contributed by atoms with Crippen molar-refractivity contribution < 1.29 is 4.79 Å². The van der Waals surface area contributed by atoms with Crippen molar-refractivity contribution in [1.29, 1.82) is 3.56 Å². The first-order chi connectivity index (χ1) is 4.89. The van der Waals surface area contributed by atoms with Crippen LogP contribution in [-0.4, -0.2) is 13.3 Å². The predicted octanol–water partition coefficient (Wildman–Crippen LogP) is 2.18. The van der Waals surface area contributed by atoms with Crippen LogP contribution in [0.15, 0.2) is 0 Å². The average Bonchev–Trinajstić information content (AvgIpc) is 1.87. The highest BCUT2D eigenvalue weighted by Gasteiger charge is 2.22. The number of nitrogens with one attached hydrogen (secondary N) is 1. The summed E-state index contributed by atoms with van der Waals surface area (Å²) in [6, 6.07) is -0.379. The second-order valence-corrected chi connectivity index (χ2v) is 7.45. The number of rotatable bonds is 4. The second-order valence-electron chi connectivity index (χ2n) is 2.93. The van der Waals surface area contributed by atoms with Crippen molar-refractivity contribution in [3.8, 4) is 0 Å². The summed E-state index contributed by atoms with van der Waals surface area (Å²) in [7, 11) is 0. The Bertz CT molecular complexity index is 170. The van der Waals surface area contributed by atoms with Crippen LogP contribution in [-0.2, 0) is 4.79 Å². The van der Waals surface area contributed by atoms with Crippen LogP contribution in [0, 0.1) is 3.56 Å². The lowest BCUT2D eigenvalue weighted by Crippen LogP contribution is -2.32. The Morgan fingerprint density at radius 2 is 2.27 bits per heavy atom. The zero-order valence-corrected chi connectivity index (χ0v) is 10.8. The summed E-state index contributed by atoms with van der Waals surface area (Å²) in [5.74, 6) is 0. The monoisotopic (exact) mass is 382 g/mol. The molecule has 1 atom stereocenters. The molecule has 0 aliphatic heterocycles. The lowest BCUT2D eigenvalue weighted by molar-refractivity contribution is -0.110. The van der Waals surface area contributed by atoms with Gasteiger partial charge in [-0.15, -0.1) is 0 Å². The number of carbonyl (C=O) groups excluding carboxylic acids is 1. The average molecular weight is 382 g/mol. The first-order valence-electron chi connectivity index (χ1n) is 3.15. The topological polar surface area (TPSA) is 66.9 Å². The molecule has 0 amide bonds. The van der Waals surface area contributed by atoms with Gasteiger partial charge in [0.15, 0.2) is 0 Å². The van der Waals surface area contributed by atoms with E-state index in [0.717, 1.165) is 0 Å². The molecule has 0 radical (unpaired) electrons. The minimum Gasteiger partial charge on any atom is -0.321 e. The molecule has 1 unspecified atom stereocenters. The van der Waals surface area contributed by atoms with Crippen molar-refractivity contribution >= 4 is 47.4 Å². The van der Waals surface area contributed by atoms with Crippen molar-refractivity contribution in [2.45, 2.75) is 29.7 Å². The molecule has 0 rings (SSSR count). The van der Waals surface area contributed by atoms with Gasteiger partial charge in [0.25, 0.3) is 0 Å². The molecule has 5 heteroatoms. The van der Waals surface area contributed by atoms with Crippen LogP contribution in [0.4, 0.5) is 0 Å². The molecule has 3 nitrogen and oxygen atoms in total. The van der Waals surface area contributed by atoms with Crippen molar-refractivity contribution in [3.63, 3.8) is 0 Å². The quantitative estimate of drug-likeness (QED) is 0.445. The highest BCUT2D eigenvalue weighted by Crippen LogP contribution is 2.28. The Morgan fingerprint density at radius 3 is 2.55 bits per heavy atom. The van der Waals surface area contributed by atoms with Gasteiger partial charge in [-0.05, 0) is 41.3 Å². The summed E-state index contributed by atoms with van der Waals surface area (Å²) in [6.45, 7) is 3.99. The molecule has 0 heterocycles. The van der Waals surface area contributed by atoms with Gasteiger partial charge in [0.2, 0.25) is 3.79 Å². The molecule has 0 aromatic carbocycles. The van der Waals surface area contributed by atoms with E-state index in [2.05, 4.69) is 0 Å². The molecule has 0 aliphatic rings. The van der Waals surface area contributed by atoms with E-state index in [0.29, 0.717) is 6.42 Å². The van der Waals surface area contributed by atoms with Gasteiger partial charge in [-0.2, -0.15) is 0 Å². The number of carbonyl (C=O) groups is 1. The molecule has 66 valence electrons. The van der Waals surface area contributed by atoms with Gasteiger partial charge in [-0.25, -0.2) is 0 Å². The molecule has 0 bridgehead atoms. The predicted molar refractivity (Wildman–Crippen MR) is 62.4 cm³/mol. The molecule has 11 heavy (non-hydrogen) atoms. The molecule has 0 fully saturated rings. The largest absolute Gasteiger partial charge is 0.321 e. The Labute approximate surface area is 90.6 Å². The fourth-order valence-corrected chi connectivity index (χ4v) is 1.56. The van der Waals surface area contributed by atoms with Crippen LogP contribution in [0.25, 0.3) is 0 Å². The summed E-state index contributed by atoms with van der Waals surface area (Å²) < 4.78 is 7.25. The maximum atomic E-state index is 10.8. The third-order valence-electron chi connectivity index (χ3n) is 1.25. The molecular formula is C6H12I2N2O. The summed E-state index contributed by atoms with van der Waals surface area (Å²) >= 11 is 1.13. The normalized spacial score (nSPS) is 14.5. The molecule has 0 aromatic rings. The fourth-order valence-electron chi connectivity index (χ4n) is 0.642. The lowest BCUT2D eigenvalue weighted by atomic mass is 10.1. The summed E-state index contributed by atoms with van der Waals surface area (Å²) in [5.41, 5.74) is 5.56. The SMILES string of the molecule is CC(C)(CC(N)C(=O)I)I=N. The number of hydrogen-bond donors (Lipinski definition) is 2. The molecule has 0 saturated heterocycles. The maximum absolute atomic E-state index is 10.8. The smallest absolute Gasteiger partial charge is 0.208 e. The fraction of sp³-hybridized carbons (Fsp3) is 0.833. The van der Waals surface area contributed by atoms with Gasteiger partial charge in [0.05, 0.1) is 6.04 Å². The third-order valence-corrected chi connectivity index (χ3v) is 3.95. The van der Waals surface area contributed by atoms with E-state index in [-0.39, 0.29) is 13.3 Å². The number of nitrogens with two attached hydrogens (primary N) is 1. The van der Waals surface area contributed by atoms with E-state index in [1.165, 1.54) is 0 Å². The summed E-state index contributed by atoms with van der Waals surface area (Å²) in [5, 5.41) is 0. The number of hydrogen-bond acceptors (Lipinski definition) is 3. The van der Waals surface area contributed by atoms with Gasteiger partial charge >= 0.3 is 0 Å². The van der Waals surface area contributed by atoms with Crippen molar-refractivity contribution in [2.75, 3.05) is 0 Å². The minimum absolute atomic E-state index is 0.00636. The highest BCUT2D eigenvalue weighted by atomic mass is 127. The zero-order chi connectivity index (χ0) is 9.07. The summed E-state index contributed by atoms with van der Waals surface area (Å²) in [6.07, 6.45) is 0.644. The number of halogens is 2. The number of alkyl halides is 1. The molecule has 0 aromatic heterocycles. The van der Waals surface area contributed by atoms with Gasteiger partial charge in [-0.3, -0.25) is 8.36 Å². The standard InChI is InChI=1S/C6H12I2N2O/c1-6(2,8-10)3-4(9)5(7)11/h4,10H,3,9H2,1-2H3. The highest BCUT2D eigenvalue weighted by molar-refractivity contribution is 14.2. The molecular weight excluding hydrogens is 370 g/mol. The maximum Gasteiger partial charge on any atom is 0.208 e. The third kappa shape index (κ3) is 5.18. The van der Waals surface area contributed by atoms with E-state index in [1.807, 2.05) is 13.8 Å². The van der Waals surface area contributed by atoms with Crippen molar-refractivity contribution in [1.82, 2.24) is 0 Å². The second kappa shape index (κ2) is 4.80. The molecule has 0 aliphatic carbocycles. The lowest BCUT2D eigenvalue weighted by Gasteiger charge is -2.19. The first-order valence-corrected chi connectivity index (χ1v) is 6.39. The Balaban J connectivity index is 4.03. The van der Waals surface area contributed by atoms with E-state index in [4.69, 9.17) is 9.30 Å². The summed E-state index contributed by atoms with van der Waals surface area (Å²) in [4.78, 5) is 10.8. The zero-order valence-electron chi connectivity index (χ0n) is 6.53. The Morgan fingerprint density at radius 1 is 1.82 bits per heavy atom. The van der Waals surface area contributed by atoms with Crippen LogP contribution >= 0.6 is 43.6 Å². The van der Waals surface area contributed by atoms with E-state index in [9.17, 15) is 4.79 Å². The van der Waals surface area contributed by atoms with Gasteiger partial charge in [-0.1, -0.05) is 0 Å². The minimum atomic E-state index is -0.584. The molecule has 3 N–H and O–H groups in total. The van der Waals surface area contributed by atoms with Gasteiger partial charge in [0, 0.05) is 26.0 Å². The first kappa shape index (κ1) is 11.9. The van der Waals surface area contributed by atoms with Crippen LogP contribution < -0.4 is 5.73 Å². The van der Waals surface area contributed by atoms with Crippen molar-refractivity contribution in [3.05, 3.63) is 0 Å². The van der Waals surface area contributed by atoms with Crippen molar-refractivity contribution in [2.24, 2.45) is 5.73 Å². The van der Waals surface area contributed by atoms with Crippen LogP contribution in [0.3, 0.4) is 0 Å².